The molecule has 0 saturated carbocycles. The first-order valence-electron chi connectivity index (χ1n) is 5.86. The number of carbonyl (C=O) groups excluding carboxylic acids is 1. The minimum absolute atomic E-state index is 0.131. The van der Waals surface area contributed by atoms with Crippen LogP contribution in [0.1, 0.15) is 33.1 Å². The summed E-state index contributed by atoms with van der Waals surface area (Å²) in [5.74, 6) is 0.131. The van der Waals surface area contributed by atoms with Gasteiger partial charge in [-0.05, 0) is 12.8 Å². The average Bonchev–Trinajstić information content (AvgIpc) is 2.27. The molecular weight excluding hydrogens is 192 g/mol. The highest BCUT2D eigenvalue weighted by molar-refractivity contribution is 5.76. The summed E-state index contributed by atoms with van der Waals surface area (Å²) in [6.45, 7) is 6.44. The van der Waals surface area contributed by atoms with Gasteiger partial charge < -0.3 is 15.4 Å². The topological polar surface area (TPSA) is 50.4 Å². The van der Waals surface area contributed by atoms with E-state index in [0.717, 1.165) is 26.0 Å². The Labute approximate surface area is 91.8 Å². The summed E-state index contributed by atoms with van der Waals surface area (Å²) in [7, 11) is 0. The molecule has 4 heteroatoms. The van der Waals surface area contributed by atoms with Crippen molar-refractivity contribution >= 4 is 5.91 Å². The zero-order valence-electron chi connectivity index (χ0n) is 9.71. The molecule has 1 atom stereocenters. The van der Waals surface area contributed by atoms with E-state index in [0.29, 0.717) is 19.1 Å². The highest BCUT2D eigenvalue weighted by Crippen LogP contribution is 2.01. The van der Waals surface area contributed by atoms with Crippen molar-refractivity contribution in [3.8, 4) is 0 Å². The molecule has 0 aromatic rings. The number of morpholine rings is 1. The van der Waals surface area contributed by atoms with Gasteiger partial charge in [0.05, 0.1) is 13.2 Å². The molecule has 0 aliphatic carbocycles. The van der Waals surface area contributed by atoms with E-state index in [2.05, 4.69) is 24.5 Å². The maximum absolute atomic E-state index is 11.6. The van der Waals surface area contributed by atoms with Crippen molar-refractivity contribution < 1.29 is 9.53 Å². The molecule has 15 heavy (non-hydrogen) atoms. The van der Waals surface area contributed by atoms with E-state index in [9.17, 15) is 4.79 Å². The Kier molecular flexibility index (Phi) is 5.65. The maximum atomic E-state index is 11.6. The number of hydrogen-bond donors (Lipinski definition) is 2. The molecule has 1 aliphatic heterocycles. The summed E-state index contributed by atoms with van der Waals surface area (Å²) in [4.78, 5) is 11.6. The molecule has 1 fully saturated rings. The Morgan fingerprint density at radius 2 is 2.27 bits per heavy atom. The Morgan fingerprint density at radius 1 is 1.53 bits per heavy atom. The monoisotopic (exact) mass is 214 g/mol. The highest BCUT2D eigenvalue weighted by atomic mass is 16.5. The SMILES string of the molecule is CCC(CC)NC(=O)CC1COCCN1. The molecule has 88 valence electrons. The molecule has 0 aromatic heterocycles. The van der Waals surface area contributed by atoms with Crippen molar-refractivity contribution in [1.82, 2.24) is 10.6 Å². The molecule has 1 rings (SSSR count). The molecule has 4 nitrogen and oxygen atoms in total. The predicted molar refractivity (Wildman–Crippen MR) is 59.7 cm³/mol. The van der Waals surface area contributed by atoms with Crippen molar-refractivity contribution in [2.45, 2.75) is 45.2 Å². The van der Waals surface area contributed by atoms with E-state index in [4.69, 9.17) is 4.74 Å². The second-order valence-corrected chi connectivity index (χ2v) is 4.01. The van der Waals surface area contributed by atoms with Gasteiger partial charge in [-0.25, -0.2) is 0 Å². The van der Waals surface area contributed by atoms with E-state index in [1.54, 1.807) is 0 Å². The first kappa shape index (κ1) is 12.5. The van der Waals surface area contributed by atoms with Crippen LogP contribution in [0.2, 0.25) is 0 Å². The van der Waals surface area contributed by atoms with Crippen molar-refractivity contribution in [2.75, 3.05) is 19.8 Å². The number of rotatable bonds is 5. The summed E-state index contributed by atoms with van der Waals surface area (Å²) in [5.41, 5.74) is 0. The van der Waals surface area contributed by atoms with Crippen LogP contribution in [-0.2, 0) is 9.53 Å². The fourth-order valence-electron chi connectivity index (χ4n) is 1.75. The fourth-order valence-corrected chi connectivity index (χ4v) is 1.75. The van der Waals surface area contributed by atoms with Crippen LogP contribution in [0.4, 0.5) is 0 Å². The van der Waals surface area contributed by atoms with Crippen LogP contribution in [0.15, 0.2) is 0 Å². The minimum Gasteiger partial charge on any atom is -0.378 e. The first-order valence-corrected chi connectivity index (χ1v) is 5.86. The van der Waals surface area contributed by atoms with Gasteiger partial charge in [0.2, 0.25) is 5.91 Å². The van der Waals surface area contributed by atoms with Crippen LogP contribution in [0.5, 0.6) is 0 Å². The Balaban J connectivity index is 2.21. The van der Waals surface area contributed by atoms with Gasteiger partial charge in [0.25, 0.3) is 0 Å². The van der Waals surface area contributed by atoms with Crippen LogP contribution >= 0.6 is 0 Å². The molecule has 0 spiro atoms. The number of amides is 1. The molecule has 0 aromatic carbocycles. The minimum atomic E-state index is 0.131. The van der Waals surface area contributed by atoms with Crippen LogP contribution in [-0.4, -0.2) is 37.7 Å². The average molecular weight is 214 g/mol. The summed E-state index contributed by atoms with van der Waals surface area (Å²) in [6, 6.07) is 0.509. The molecular formula is C11H22N2O2. The number of ether oxygens (including phenoxy) is 1. The summed E-state index contributed by atoms with van der Waals surface area (Å²) < 4.78 is 5.30. The lowest BCUT2D eigenvalue weighted by molar-refractivity contribution is -0.123. The van der Waals surface area contributed by atoms with E-state index in [-0.39, 0.29) is 11.9 Å². The third-order valence-electron chi connectivity index (χ3n) is 2.78. The van der Waals surface area contributed by atoms with E-state index >= 15 is 0 Å². The Bertz CT molecular complexity index is 187. The van der Waals surface area contributed by atoms with Crippen molar-refractivity contribution in [3.63, 3.8) is 0 Å². The molecule has 1 amide bonds. The Morgan fingerprint density at radius 3 is 2.80 bits per heavy atom. The standard InChI is InChI=1S/C11H22N2O2/c1-3-9(4-2)13-11(14)7-10-8-15-6-5-12-10/h9-10,12H,3-8H2,1-2H3,(H,13,14). The molecule has 2 N–H and O–H groups in total. The fraction of sp³-hybridized carbons (Fsp3) is 0.909. The third-order valence-corrected chi connectivity index (χ3v) is 2.78. The molecule has 0 radical (unpaired) electrons. The van der Waals surface area contributed by atoms with Crippen LogP contribution in [0.25, 0.3) is 0 Å². The van der Waals surface area contributed by atoms with Gasteiger partial charge in [0.15, 0.2) is 0 Å². The lowest BCUT2D eigenvalue weighted by Crippen LogP contribution is -2.45. The van der Waals surface area contributed by atoms with Gasteiger partial charge in [-0.15, -0.1) is 0 Å². The lowest BCUT2D eigenvalue weighted by Gasteiger charge is -2.24. The van der Waals surface area contributed by atoms with Gasteiger partial charge in [0, 0.05) is 25.0 Å². The van der Waals surface area contributed by atoms with Gasteiger partial charge in [0.1, 0.15) is 0 Å². The van der Waals surface area contributed by atoms with Crippen LogP contribution in [0, 0.1) is 0 Å². The quantitative estimate of drug-likeness (QED) is 0.707. The molecule has 1 heterocycles. The largest absolute Gasteiger partial charge is 0.378 e. The van der Waals surface area contributed by atoms with Gasteiger partial charge in [-0.3, -0.25) is 4.79 Å². The number of hydrogen-bond acceptors (Lipinski definition) is 3. The maximum Gasteiger partial charge on any atom is 0.221 e. The second-order valence-electron chi connectivity index (χ2n) is 4.01. The summed E-state index contributed by atoms with van der Waals surface area (Å²) in [6.07, 6.45) is 2.52. The van der Waals surface area contributed by atoms with Gasteiger partial charge in [-0.1, -0.05) is 13.8 Å². The van der Waals surface area contributed by atoms with Gasteiger partial charge >= 0.3 is 0 Å². The lowest BCUT2D eigenvalue weighted by atomic mass is 10.1. The Hall–Kier alpha value is -0.610. The van der Waals surface area contributed by atoms with Crippen molar-refractivity contribution in [1.29, 1.82) is 0 Å². The van der Waals surface area contributed by atoms with E-state index in [1.807, 2.05) is 0 Å². The molecule has 1 saturated heterocycles. The van der Waals surface area contributed by atoms with Gasteiger partial charge in [-0.2, -0.15) is 0 Å². The highest BCUT2D eigenvalue weighted by Gasteiger charge is 2.17. The third kappa shape index (κ3) is 4.62. The predicted octanol–water partition coefficient (Wildman–Crippen LogP) is 0.670. The molecule has 1 unspecified atom stereocenters. The summed E-state index contributed by atoms with van der Waals surface area (Å²) >= 11 is 0. The zero-order chi connectivity index (χ0) is 11.1. The zero-order valence-corrected chi connectivity index (χ0v) is 9.71. The van der Waals surface area contributed by atoms with Crippen molar-refractivity contribution in [2.24, 2.45) is 0 Å². The first-order chi connectivity index (χ1) is 7.26. The van der Waals surface area contributed by atoms with Crippen molar-refractivity contribution in [3.05, 3.63) is 0 Å². The summed E-state index contributed by atoms with van der Waals surface area (Å²) in [5, 5.41) is 6.30. The van der Waals surface area contributed by atoms with Crippen LogP contribution < -0.4 is 10.6 Å². The molecule has 1 aliphatic rings. The van der Waals surface area contributed by atoms with E-state index in [1.165, 1.54) is 0 Å². The smallest absolute Gasteiger partial charge is 0.221 e. The van der Waals surface area contributed by atoms with Crippen LogP contribution in [0.3, 0.4) is 0 Å². The second kappa shape index (κ2) is 6.80. The van der Waals surface area contributed by atoms with E-state index < -0.39 is 0 Å². The normalized spacial score (nSPS) is 21.7. The molecule has 0 bridgehead atoms. The number of nitrogens with one attached hydrogen (secondary N) is 2. The number of carbonyl (C=O) groups is 1.